The highest BCUT2D eigenvalue weighted by atomic mass is 16.2. The summed E-state index contributed by atoms with van der Waals surface area (Å²) in [6.07, 6.45) is 6.56. The highest BCUT2D eigenvalue weighted by Crippen LogP contribution is 2.49. The zero-order valence-corrected chi connectivity index (χ0v) is 13.6. The molecule has 4 heteroatoms. The van der Waals surface area contributed by atoms with Gasteiger partial charge < -0.3 is 11.1 Å². The van der Waals surface area contributed by atoms with Gasteiger partial charge in [-0.15, -0.1) is 0 Å². The number of hydrogen-bond acceptors (Lipinski definition) is 3. The summed E-state index contributed by atoms with van der Waals surface area (Å²) in [7, 11) is 0. The fraction of sp³-hybridized carbons (Fsp3) is 0.941. The summed E-state index contributed by atoms with van der Waals surface area (Å²) in [6, 6.07) is 0.648. The van der Waals surface area contributed by atoms with E-state index in [9.17, 15) is 4.79 Å². The molecule has 0 aromatic rings. The molecule has 2 aliphatic carbocycles. The third-order valence-electron chi connectivity index (χ3n) is 6.25. The molecule has 1 amide bonds. The molecule has 1 aliphatic heterocycles. The molecule has 3 fully saturated rings. The van der Waals surface area contributed by atoms with Crippen molar-refractivity contribution in [3.05, 3.63) is 0 Å². The van der Waals surface area contributed by atoms with Gasteiger partial charge in [-0.05, 0) is 56.3 Å². The van der Waals surface area contributed by atoms with Crippen molar-refractivity contribution >= 4 is 5.91 Å². The van der Waals surface area contributed by atoms with Gasteiger partial charge in [-0.2, -0.15) is 0 Å². The van der Waals surface area contributed by atoms with Crippen LogP contribution in [0.3, 0.4) is 0 Å². The molecule has 0 aromatic heterocycles. The number of nitrogens with one attached hydrogen (secondary N) is 1. The van der Waals surface area contributed by atoms with Crippen molar-refractivity contribution in [2.24, 2.45) is 29.4 Å². The number of fused-ring (bicyclic) bond motifs is 2. The van der Waals surface area contributed by atoms with E-state index in [1.165, 1.54) is 25.7 Å². The molecule has 120 valence electrons. The summed E-state index contributed by atoms with van der Waals surface area (Å²) in [5.41, 5.74) is 6.04. The largest absolute Gasteiger partial charge is 0.352 e. The van der Waals surface area contributed by atoms with Crippen molar-refractivity contribution in [2.45, 2.75) is 58.0 Å². The topological polar surface area (TPSA) is 58.4 Å². The predicted octanol–water partition coefficient (Wildman–Crippen LogP) is 1.60. The molecule has 3 aliphatic rings. The number of carbonyl (C=O) groups is 1. The maximum atomic E-state index is 12.3. The zero-order chi connectivity index (χ0) is 15.0. The second kappa shape index (κ2) is 6.25. The smallest absolute Gasteiger partial charge is 0.234 e. The molecule has 3 rings (SSSR count). The molecule has 2 bridgehead atoms. The van der Waals surface area contributed by atoms with Crippen molar-refractivity contribution in [1.82, 2.24) is 10.2 Å². The number of amides is 1. The molecule has 6 atom stereocenters. The molecule has 1 saturated heterocycles. The Morgan fingerprint density at radius 2 is 2.14 bits per heavy atom. The van der Waals surface area contributed by atoms with Gasteiger partial charge in [0.05, 0.1) is 6.54 Å². The minimum Gasteiger partial charge on any atom is -0.352 e. The van der Waals surface area contributed by atoms with Crippen LogP contribution in [0.15, 0.2) is 0 Å². The first kappa shape index (κ1) is 15.3. The molecule has 21 heavy (non-hydrogen) atoms. The molecule has 1 heterocycles. The summed E-state index contributed by atoms with van der Waals surface area (Å²) >= 11 is 0. The van der Waals surface area contributed by atoms with Gasteiger partial charge in [0, 0.05) is 25.2 Å². The lowest BCUT2D eigenvalue weighted by atomic mass is 9.84. The maximum absolute atomic E-state index is 12.3. The van der Waals surface area contributed by atoms with Crippen molar-refractivity contribution in [3.63, 3.8) is 0 Å². The lowest BCUT2D eigenvalue weighted by molar-refractivity contribution is -0.123. The van der Waals surface area contributed by atoms with E-state index in [-0.39, 0.29) is 5.91 Å². The second-order valence-corrected chi connectivity index (χ2v) is 7.86. The average Bonchev–Trinajstić information content (AvgIpc) is 3.05. The second-order valence-electron chi connectivity index (χ2n) is 7.86. The SMILES string of the molecule is CC1CN(CC(=O)NC(C)C2CC3CCC2C3)CCC1N. The Morgan fingerprint density at radius 3 is 2.76 bits per heavy atom. The van der Waals surface area contributed by atoms with Gasteiger partial charge in [-0.3, -0.25) is 9.69 Å². The number of carbonyl (C=O) groups excluding carboxylic acids is 1. The van der Waals surface area contributed by atoms with Gasteiger partial charge in [0.1, 0.15) is 0 Å². The molecule has 0 aromatic carbocycles. The third kappa shape index (κ3) is 3.42. The highest BCUT2D eigenvalue weighted by molar-refractivity contribution is 5.78. The molecule has 6 unspecified atom stereocenters. The fourth-order valence-corrected chi connectivity index (χ4v) is 4.91. The van der Waals surface area contributed by atoms with E-state index in [0.717, 1.165) is 37.3 Å². The Hall–Kier alpha value is -0.610. The lowest BCUT2D eigenvalue weighted by Crippen LogP contribution is -2.50. The van der Waals surface area contributed by atoms with Crippen molar-refractivity contribution in [3.8, 4) is 0 Å². The minimum absolute atomic E-state index is 0.202. The number of likely N-dealkylation sites (tertiary alicyclic amines) is 1. The van der Waals surface area contributed by atoms with E-state index in [0.29, 0.717) is 24.5 Å². The summed E-state index contributed by atoms with van der Waals surface area (Å²) in [5, 5.41) is 3.27. The first-order valence-electron chi connectivity index (χ1n) is 8.80. The van der Waals surface area contributed by atoms with E-state index in [4.69, 9.17) is 5.73 Å². The van der Waals surface area contributed by atoms with Crippen molar-refractivity contribution in [1.29, 1.82) is 0 Å². The summed E-state index contributed by atoms with van der Waals surface area (Å²) in [5.74, 6) is 3.24. The van der Waals surface area contributed by atoms with Crippen LogP contribution in [-0.4, -0.2) is 42.5 Å². The Kier molecular flexibility index (Phi) is 4.55. The number of nitrogens with two attached hydrogens (primary N) is 1. The zero-order valence-electron chi connectivity index (χ0n) is 13.6. The number of nitrogens with zero attached hydrogens (tertiary/aromatic N) is 1. The summed E-state index contributed by atoms with van der Waals surface area (Å²) in [4.78, 5) is 14.5. The van der Waals surface area contributed by atoms with E-state index in [1.807, 2.05) is 0 Å². The van der Waals surface area contributed by atoms with E-state index in [2.05, 4.69) is 24.1 Å². The van der Waals surface area contributed by atoms with Gasteiger partial charge in [0.25, 0.3) is 0 Å². The van der Waals surface area contributed by atoms with Gasteiger partial charge >= 0.3 is 0 Å². The van der Waals surface area contributed by atoms with Crippen LogP contribution in [-0.2, 0) is 4.79 Å². The van der Waals surface area contributed by atoms with Gasteiger partial charge in [0.15, 0.2) is 0 Å². The molecule has 0 radical (unpaired) electrons. The van der Waals surface area contributed by atoms with Gasteiger partial charge in [-0.1, -0.05) is 13.3 Å². The van der Waals surface area contributed by atoms with Crippen LogP contribution in [0.5, 0.6) is 0 Å². The standard InChI is InChI=1S/C17H31N3O/c1-11-9-20(6-5-16(11)18)10-17(21)19-12(2)15-8-13-3-4-14(15)7-13/h11-16H,3-10,18H2,1-2H3,(H,19,21). The number of rotatable bonds is 4. The average molecular weight is 293 g/mol. The quantitative estimate of drug-likeness (QED) is 0.828. The van der Waals surface area contributed by atoms with Crippen LogP contribution < -0.4 is 11.1 Å². The molecule has 0 spiro atoms. The highest BCUT2D eigenvalue weighted by Gasteiger charge is 2.42. The van der Waals surface area contributed by atoms with Crippen LogP contribution in [0.2, 0.25) is 0 Å². The number of hydrogen-bond donors (Lipinski definition) is 2. The van der Waals surface area contributed by atoms with E-state index < -0.39 is 0 Å². The lowest BCUT2D eigenvalue weighted by Gasteiger charge is -2.35. The van der Waals surface area contributed by atoms with Crippen LogP contribution in [0.25, 0.3) is 0 Å². The summed E-state index contributed by atoms with van der Waals surface area (Å²) in [6.45, 7) is 6.85. The monoisotopic (exact) mass is 293 g/mol. The Bertz CT molecular complexity index is 386. The normalized spacial score (nSPS) is 41.2. The molecule has 2 saturated carbocycles. The molecule has 3 N–H and O–H groups in total. The first-order chi connectivity index (χ1) is 10.0. The van der Waals surface area contributed by atoms with E-state index in [1.54, 1.807) is 0 Å². The van der Waals surface area contributed by atoms with Crippen LogP contribution >= 0.6 is 0 Å². The number of piperidine rings is 1. The van der Waals surface area contributed by atoms with Crippen LogP contribution in [0.4, 0.5) is 0 Å². The Labute approximate surface area is 128 Å². The minimum atomic E-state index is 0.202. The van der Waals surface area contributed by atoms with Crippen molar-refractivity contribution in [2.75, 3.05) is 19.6 Å². The van der Waals surface area contributed by atoms with Gasteiger partial charge in [-0.25, -0.2) is 0 Å². The van der Waals surface area contributed by atoms with Gasteiger partial charge in [0.2, 0.25) is 5.91 Å². The third-order valence-corrected chi connectivity index (χ3v) is 6.25. The molecular formula is C17H31N3O. The molecular weight excluding hydrogens is 262 g/mol. The predicted molar refractivity (Wildman–Crippen MR) is 84.7 cm³/mol. The Morgan fingerprint density at radius 1 is 1.33 bits per heavy atom. The summed E-state index contributed by atoms with van der Waals surface area (Å²) < 4.78 is 0. The van der Waals surface area contributed by atoms with Crippen molar-refractivity contribution < 1.29 is 4.79 Å². The van der Waals surface area contributed by atoms with Crippen LogP contribution in [0, 0.1) is 23.7 Å². The molecule has 4 nitrogen and oxygen atoms in total. The fourth-order valence-electron chi connectivity index (χ4n) is 4.91. The first-order valence-corrected chi connectivity index (χ1v) is 8.80. The van der Waals surface area contributed by atoms with Crippen LogP contribution in [0.1, 0.15) is 46.0 Å². The maximum Gasteiger partial charge on any atom is 0.234 e. The Balaban J connectivity index is 1.44. The van der Waals surface area contributed by atoms with E-state index >= 15 is 0 Å².